The van der Waals surface area contributed by atoms with E-state index in [9.17, 15) is 9.90 Å². The number of benzene rings is 4. The summed E-state index contributed by atoms with van der Waals surface area (Å²) in [4.78, 5) is 20.7. The van der Waals surface area contributed by atoms with Crippen molar-refractivity contribution in [3.63, 3.8) is 0 Å². The maximum absolute atomic E-state index is 12.9. The SMILES string of the molecule is C=CCC(C(=O)c1ccc(Oc2ccc(Cl)cc2)cc1Cl)n1cncn1.OC1(c2ccc(Oc3ccc(Cl)cc3)cc2Cl)OCCCC1n1cncn1. The molecule has 272 valence electrons. The van der Waals surface area contributed by atoms with Crippen LogP contribution in [0.25, 0.3) is 0 Å². The summed E-state index contributed by atoms with van der Waals surface area (Å²) in [6, 6.07) is 23.1. The average molecular weight is 795 g/mol. The highest BCUT2D eigenvalue weighted by atomic mass is 35.5. The largest absolute Gasteiger partial charge is 0.457 e. The number of hydrogen-bond donors (Lipinski definition) is 1. The monoisotopic (exact) mass is 792 g/mol. The van der Waals surface area contributed by atoms with E-state index in [1.807, 2.05) is 0 Å². The molecule has 3 heterocycles. The summed E-state index contributed by atoms with van der Waals surface area (Å²) in [5, 5.41) is 21.4. The zero-order valence-corrected chi connectivity index (χ0v) is 31.0. The van der Waals surface area contributed by atoms with E-state index in [1.54, 1.807) is 102 Å². The lowest BCUT2D eigenvalue weighted by Gasteiger charge is -2.40. The van der Waals surface area contributed by atoms with Gasteiger partial charge in [0.05, 0.1) is 16.7 Å². The van der Waals surface area contributed by atoms with Gasteiger partial charge >= 0.3 is 0 Å². The number of ether oxygens (including phenoxy) is 3. The molecule has 7 rings (SSSR count). The van der Waals surface area contributed by atoms with Crippen LogP contribution in [-0.2, 0) is 10.5 Å². The Labute approximate surface area is 325 Å². The molecule has 4 aromatic carbocycles. The minimum Gasteiger partial charge on any atom is -0.457 e. The first-order chi connectivity index (χ1) is 25.6. The molecule has 1 aliphatic rings. The van der Waals surface area contributed by atoms with Gasteiger partial charge in [-0.2, -0.15) is 10.2 Å². The Morgan fingerprint density at radius 1 is 0.849 bits per heavy atom. The van der Waals surface area contributed by atoms with Crippen LogP contribution in [0.2, 0.25) is 20.1 Å². The van der Waals surface area contributed by atoms with E-state index in [2.05, 4.69) is 26.7 Å². The number of Topliss-reactive ketones (excluding diaryl/α,β-unsaturated/α-hetero) is 1. The first-order valence-electron chi connectivity index (χ1n) is 16.3. The van der Waals surface area contributed by atoms with Crippen LogP contribution in [0.1, 0.15) is 47.3 Å². The van der Waals surface area contributed by atoms with Crippen LogP contribution in [0.4, 0.5) is 0 Å². The van der Waals surface area contributed by atoms with E-state index in [4.69, 9.17) is 60.6 Å². The number of nitrogens with zero attached hydrogens (tertiary/aromatic N) is 6. The van der Waals surface area contributed by atoms with Gasteiger partial charge in [0.1, 0.15) is 60.4 Å². The van der Waals surface area contributed by atoms with Crippen LogP contribution in [-0.4, -0.2) is 47.0 Å². The molecule has 6 aromatic rings. The molecular formula is C38H32Cl4N6O5. The summed E-state index contributed by atoms with van der Waals surface area (Å²) in [5.41, 5.74) is 0.852. The summed E-state index contributed by atoms with van der Waals surface area (Å²) in [6.45, 7) is 4.13. The van der Waals surface area contributed by atoms with Gasteiger partial charge in [-0.1, -0.05) is 52.5 Å². The highest BCUT2D eigenvalue weighted by Crippen LogP contribution is 2.44. The predicted octanol–water partition coefficient (Wildman–Crippen LogP) is 9.95. The Morgan fingerprint density at radius 3 is 1.98 bits per heavy atom. The first-order valence-corrected chi connectivity index (χ1v) is 17.8. The molecular weight excluding hydrogens is 762 g/mol. The fraction of sp³-hybridized carbons (Fsp3) is 0.184. The summed E-state index contributed by atoms with van der Waals surface area (Å²) in [7, 11) is 0. The average Bonchev–Trinajstić information content (AvgIpc) is 3.89. The number of ketones is 1. The Bertz CT molecular complexity index is 2130. The van der Waals surface area contributed by atoms with Crippen molar-refractivity contribution in [3.05, 3.63) is 154 Å². The lowest BCUT2D eigenvalue weighted by atomic mass is 9.92. The molecule has 1 saturated heterocycles. The third-order valence-corrected chi connectivity index (χ3v) is 9.36. The Morgan fingerprint density at radius 2 is 1.43 bits per heavy atom. The number of aliphatic hydroxyl groups is 1. The highest BCUT2D eigenvalue weighted by molar-refractivity contribution is 6.34. The van der Waals surface area contributed by atoms with Gasteiger partial charge in [-0.15, -0.1) is 6.58 Å². The molecule has 3 atom stereocenters. The van der Waals surface area contributed by atoms with Gasteiger partial charge in [-0.05, 0) is 98.1 Å². The number of hydrogen-bond acceptors (Lipinski definition) is 9. The molecule has 0 amide bonds. The van der Waals surface area contributed by atoms with Crippen LogP contribution in [0.15, 0.2) is 123 Å². The number of carbonyl (C=O) groups is 1. The van der Waals surface area contributed by atoms with Crippen molar-refractivity contribution in [3.8, 4) is 23.0 Å². The lowest BCUT2D eigenvalue weighted by Crippen LogP contribution is -2.43. The molecule has 2 aromatic heterocycles. The molecule has 15 heteroatoms. The fourth-order valence-corrected chi connectivity index (χ4v) is 6.50. The van der Waals surface area contributed by atoms with Gasteiger partial charge in [0, 0.05) is 27.2 Å². The molecule has 0 spiro atoms. The first kappa shape index (κ1) is 38.0. The van der Waals surface area contributed by atoms with Gasteiger partial charge in [-0.3, -0.25) is 4.79 Å². The third-order valence-electron chi connectivity index (χ3n) is 8.23. The number of carbonyl (C=O) groups excluding carboxylic acids is 1. The predicted molar refractivity (Wildman–Crippen MR) is 202 cm³/mol. The third kappa shape index (κ3) is 9.25. The van der Waals surface area contributed by atoms with E-state index >= 15 is 0 Å². The highest BCUT2D eigenvalue weighted by Gasteiger charge is 2.45. The number of halogens is 4. The van der Waals surface area contributed by atoms with Gasteiger partial charge in [0.15, 0.2) is 5.78 Å². The molecule has 53 heavy (non-hydrogen) atoms. The minimum atomic E-state index is -1.60. The fourth-order valence-electron chi connectivity index (χ4n) is 5.68. The van der Waals surface area contributed by atoms with Crippen LogP contribution in [0, 0.1) is 0 Å². The second-order valence-electron chi connectivity index (χ2n) is 11.8. The van der Waals surface area contributed by atoms with Crippen LogP contribution >= 0.6 is 46.4 Å². The second-order valence-corrected chi connectivity index (χ2v) is 13.4. The van der Waals surface area contributed by atoms with E-state index < -0.39 is 17.9 Å². The normalized spacial score (nSPS) is 17.3. The second kappa shape index (κ2) is 17.4. The molecule has 3 unspecified atom stereocenters. The number of aromatic nitrogens is 6. The molecule has 11 nitrogen and oxygen atoms in total. The van der Waals surface area contributed by atoms with Crippen molar-refractivity contribution in [2.24, 2.45) is 0 Å². The van der Waals surface area contributed by atoms with Crippen molar-refractivity contribution in [2.75, 3.05) is 6.61 Å². The molecule has 0 radical (unpaired) electrons. The maximum atomic E-state index is 12.9. The zero-order valence-electron chi connectivity index (χ0n) is 27.9. The molecule has 0 bridgehead atoms. The van der Waals surface area contributed by atoms with Gasteiger partial charge < -0.3 is 19.3 Å². The molecule has 1 fully saturated rings. The van der Waals surface area contributed by atoms with Crippen LogP contribution < -0.4 is 9.47 Å². The van der Waals surface area contributed by atoms with Crippen molar-refractivity contribution in [1.29, 1.82) is 0 Å². The van der Waals surface area contributed by atoms with Crippen LogP contribution in [0.5, 0.6) is 23.0 Å². The van der Waals surface area contributed by atoms with E-state index in [1.165, 1.54) is 23.7 Å². The smallest absolute Gasteiger partial charge is 0.217 e. The minimum absolute atomic E-state index is 0.168. The summed E-state index contributed by atoms with van der Waals surface area (Å²) in [5.74, 6) is 0.561. The molecule has 0 saturated carbocycles. The maximum Gasteiger partial charge on any atom is 0.217 e. The lowest BCUT2D eigenvalue weighted by molar-refractivity contribution is -0.262. The quantitative estimate of drug-likeness (QED) is 0.101. The van der Waals surface area contributed by atoms with E-state index in [-0.39, 0.29) is 5.78 Å². The number of rotatable bonds is 11. The standard InChI is InChI=1S/C19H17Cl2N3O3.C19H15Cl2N3O2/c20-13-3-5-14(6-4-13)27-15-7-8-16(17(21)10-15)19(25)18(2-1-9-26-19)24-12-22-11-23-24;1-2-3-18(24-12-22-11-23-24)19(25)16-9-8-15(10-17(16)21)26-14-6-4-13(20)5-7-14/h3-8,10-12,18,25H,1-2,9H2;2,4-12,18H,1,3H2. The van der Waals surface area contributed by atoms with Gasteiger partial charge in [0.2, 0.25) is 5.79 Å². The molecule has 1 N–H and O–H groups in total. The van der Waals surface area contributed by atoms with Crippen molar-refractivity contribution >= 4 is 52.2 Å². The van der Waals surface area contributed by atoms with E-state index in [0.717, 1.165) is 6.42 Å². The Kier molecular flexibility index (Phi) is 12.5. The molecule has 0 aliphatic carbocycles. The van der Waals surface area contributed by atoms with E-state index in [0.29, 0.717) is 73.7 Å². The van der Waals surface area contributed by atoms with Crippen molar-refractivity contribution in [1.82, 2.24) is 29.5 Å². The van der Waals surface area contributed by atoms with Crippen LogP contribution in [0.3, 0.4) is 0 Å². The van der Waals surface area contributed by atoms with Crippen molar-refractivity contribution in [2.45, 2.75) is 37.1 Å². The summed E-state index contributed by atoms with van der Waals surface area (Å²) in [6.07, 6.45) is 9.46. The topological polar surface area (TPSA) is 126 Å². The van der Waals surface area contributed by atoms with Crippen molar-refractivity contribution < 1.29 is 24.1 Å². The Hall–Kier alpha value is -4.75. The van der Waals surface area contributed by atoms with Gasteiger partial charge in [0.25, 0.3) is 0 Å². The molecule has 1 aliphatic heterocycles. The number of allylic oxidation sites excluding steroid dienone is 1. The summed E-state index contributed by atoms with van der Waals surface area (Å²) >= 11 is 24.6. The Balaban J connectivity index is 0.000000182. The zero-order chi connectivity index (χ0) is 37.4. The van der Waals surface area contributed by atoms with Gasteiger partial charge in [-0.25, -0.2) is 19.3 Å². The summed E-state index contributed by atoms with van der Waals surface area (Å²) < 4.78 is 20.4.